The van der Waals surface area contributed by atoms with E-state index in [1.165, 1.54) is 11.3 Å². The number of aliphatic hydroxyl groups is 1. The SMILES string of the molecule is Cc1cc(CO)c(Br)c2c3ccsc3c(=O)n(COCC[Si](C)(C)C)c12. The number of rotatable bonds is 6. The molecule has 0 aliphatic rings. The van der Waals surface area contributed by atoms with Gasteiger partial charge in [-0.15, -0.1) is 11.3 Å². The van der Waals surface area contributed by atoms with Crippen molar-refractivity contribution in [3.8, 4) is 0 Å². The molecular weight excluding hydrogens is 430 g/mol. The lowest BCUT2D eigenvalue weighted by atomic mass is 10.0. The van der Waals surface area contributed by atoms with Crippen LogP contribution >= 0.6 is 27.3 Å². The van der Waals surface area contributed by atoms with Crippen molar-refractivity contribution < 1.29 is 9.84 Å². The maximum atomic E-state index is 13.1. The average molecular weight is 454 g/mol. The number of aromatic nitrogens is 1. The number of hydrogen-bond donors (Lipinski definition) is 1. The van der Waals surface area contributed by atoms with Gasteiger partial charge in [0.2, 0.25) is 0 Å². The van der Waals surface area contributed by atoms with Crippen LogP contribution in [0.2, 0.25) is 25.7 Å². The number of benzene rings is 1. The molecule has 2 aromatic heterocycles. The summed E-state index contributed by atoms with van der Waals surface area (Å²) in [5, 5.41) is 13.5. The molecule has 2 heterocycles. The summed E-state index contributed by atoms with van der Waals surface area (Å²) in [6.07, 6.45) is 0. The summed E-state index contributed by atoms with van der Waals surface area (Å²) in [6, 6.07) is 4.98. The van der Waals surface area contributed by atoms with E-state index in [0.717, 1.165) is 42.6 Å². The second kappa shape index (κ2) is 7.56. The highest BCUT2D eigenvalue weighted by atomic mass is 79.9. The number of hydrogen-bond acceptors (Lipinski definition) is 4. The third kappa shape index (κ3) is 3.68. The molecule has 7 heteroatoms. The molecule has 1 aromatic carbocycles. The molecule has 26 heavy (non-hydrogen) atoms. The molecule has 0 saturated heterocycles. The summed E-state index contributed by atoms with van der Waals surface area (Å²) >= 11 is 5.09. The average Bonchev–Trinajstić information content (AvgIpc) is 3.05. The number of nitrogens with zero attached hydrogens (tertiary/aromatic N) is 1. The number of aliphatic hydroxyl groups excluding tert-OH is 1. The smallest absolute Gasteiger partial charge is 0.270 e. The third-order valence-corrected chi connectivity index (χ3v) is 8.05. The molecule has 4 nitrogen and oxygen atoms in total. The van der Waals surface area contributed by atoms with Gasteiger partial charge in [-0.25, -0.2) is 0 Å². The van der Waals surface area contributed by atoms with Gasteiger partial charge in [-0.2, -0.15) is 0 Å². The second-order valence-corrected chi connectivity index (χ2v) is 15.1. The van der Waals surface area contributed by atoms with Crippen molar-refractivity contribution in [1.29, 1.82) is 0 Å². The monoisotopic (exact) mass is 453 g/mol. The van der Waals surface area contributed by atoms with E-state index in [0.29, 0.717) is 6.61 Å². The van der Waals surface area contributed by atoms with Gasteiger partial charge in [-0.05, 0) is 51.5 Å². The van der Waals surface area contributed by atoms with Crippen LogP contribution in [0.1, 0.15) is 11.1 Å². The van der Waals surface area contributed by atoms with E-state index in [4.69, 9.17) is 4.74 Å². The van der Waals surface area contributed by atoms with E-state index in [9.17, 15) is 9.90 Å². The molecule has 1 N–H and O–H groups in total. The van der Waals surface area contributed by atoms with E-state index < -0.39 is 8.07 Å². The predicted octanol–water partition coefficient (Wildman–Crippen LogP) is 5.09. The first kappa shape index (κ1) is 19.8. The van der Waals surface area contributed by atoms with Gasteiger partial charge in [-0.3, -0.25) is 9.36 Å². The number of fused-ring (bicyclic) bond motifs is 3. The topological polar surface area (TPSA) is 51.5 Å². The van der Waals surface area contributed by atoms with E-state index >= 15 is 0 Å². The first-order valence-electron chi connectivity index (χ1n) is 8.65. The molecule has 0 unspecified atom stereocenters. The van der Waals surface area contributed by atoms with Gasteiger partial charge < -0.3 is 9.84 Å². The normalized spacial score (nSPS) is 12.4. The van der Waals surface area contributed by atoms with Crippen molar-refractivity contribution in [1.82, 2.24) is 4.57 Å². The lowest BCUT2D eigenvalue weighted by molar-refractivity contribution is 0.0881. The van der Waals surface area contributed by atoms with E-state index in [1.807, 2.05) is 24.4 Å². The first-order chi connectivity index (χ1) is 12.2. The second-order valence-electron chi connectivity index (χ2n) is 7.79. The Morgan fingerprint density at radius 2 is 2.08 bits per heavy atom. The molecule has 0 atom stereocenters. The molecular formula is C19H24BrNO3SSi. The van der Waals surface area contributed by atoms with Crippen LogP contribution in [0, 0.1) is 6.92 Å². The first-order valence-corrected chi connectivity index (χ1v) is 14.0. The molecule has 0 radical (unpaired) electrons. The van der Waals surface area contributed by atoms with Crippen LogP contribution in [0.3, 0.4) is 0 Å². The molecule has 0 fully saturated rings. The Balaban J connectivity index is 2.16. The quantitative estimate of drug-likeness (QED) is 0.417. The molecule has 0 amide bonds. The Labute approximate surface area is 166 Å². The Morgan fingerprint density at radius 1 is 1.35 bits per heavy atom. The van der Waals surface area contributed by atoms with Crippen molar-refractivity contribution in [2.75, 3.05) is 6.61 Å². The highest BCUT2D eigenvalue weighted by Gasteiger charge is 2.19. The predicted molar refractivity (Wildman–Crippen MR) is 116 cm³/mol. The number of ether oxygens (including phenoxy) is 1. The highest BCUT2D eigenvalue weighted by Crippen LogP contribution is 2.36. The summed E-state index contributed by atoms with van der Waals surface area (Å²) in [6.45, 7) is 9.79. The Hall–Kier alpha value is -0.993. The highest BCUT2D eigenvalue weighted by molar-refractivity contribution is 9.10. The number of thiophene rings is 1. The third-order valence-electron chi connectivity index (χ3n) is 4.53. The molecule has 0 aliphatic heterocycles. The fourth-order valence-corrected chi connectivity index (χ4v) is 5.36. The standard InChI is InChI=1S/C19H24BrNO3SSi/c1-12-9-13(10-22)16(20)15-14-5-7-25-18(14)19(23)21(17(12)15)11-24-6-8-26(2,3)4/h5,7,9,22H,6,8,10-11H2,1-4H3. The van der Waals surface area contributed by atoms with Gasteiger partial charge in [0.05, 0.1) is 12.1 Å². The van der Waals surface area contributed by atoms with Crippen LogP contribution in [0.15, 0.2) is 26.8 Å². The van der Waals surface area contributed by atoms with Gasteiger partial charge in [0.25, 0.3) is 5.56 Å². The zero-order chi connectivity index (χ0) is 19.1. The summed E-state index contributed by atoms with van der Waals surface area (Å²) in [5.41, 5.74) is 2.65. The molecule has 0 bridgehead atoms. The summed E-state index contributed by atoms with van der Waals surface area (Å²) in [5.74, 6) is 0. The summed E-state index contributed by atoms with van der Waals surface area (Å²) < 4.78 is 9.21. The van der Waals surface area contributed by atoms with Crippen molar-refractivity contribution in [3.05, 3.63) is 43.5 Å². The Morgan fingerprint density at radius 3 is 2.73 bits per heavy atom. The maximum Gasteiger partial charge on any atom is 0.270 e. The van der Waals surface area contributed by atoms with Gasteiger partial charge in [0.15, 0.2) is 0 Å². The van der Waals surface area contributed by atoms with Gasteiger partial charge in [0, 0.05) is 29.9 Å². The fraction of sp³-hybridized carbons (Fsp3) is 0.421. The largest absolute Gasteiger partial charge is 0.392 e. The van der Waals surface area contributed by atoms with Crippen molar-refractivity contribution in [3.63, 3.8) is 0 Å². The van der Waals surface area contributed by atoms with Crippen LogP contribution in [-0.2, 0) is 18.1 Å². The molecule has 0 saturated carbocycles. The maximum absolute atomic E-state index is 13.1. The van der Waals surface area contributed by atoms with Gasteiger partial charge >= 0.3 is 0 Å². The molecule has 0 aliphatic carbocycles. The van der Waals surface area contributed by atoms with Crippen LogP contribution in [-0.4, -0.2) is 24.4 Å². The Kier molecular flexibility index (Phi) is 5.74. The van der Waals surface area contributed by atoms with Crippen molar-refractivity contribution >= 4 is 56.3 Å². The lowest BCUT2D eigenvalue weighted by Gasteiger charge is -2.19. The van der Waals surface area contributed by atoms with E-state index in [1.54, 1.807) is 4.57 Å². The minimum atomic E-state index is -1.17. The summed E-state index contributed by atoms with van der Waals surface area (Å²) in [7, 11) is -1.17. The molecule has 3 aromatic rings. The number of aryl methyl sites for hydroxylation is 1. The fourth-order valence-electron chi connectivity index (χ4n) is 3.12. The molecule has 3 rings (SSSR count). The van der Waals surface area contributed by atoms with Crippen LogP contribution in [0.5, 0.6) is 0 Å². The van der Waals surface area contributed by atoms with Crippen LogP contribution < -0.4 is 5.56 Å². The van der Waals surface area contributed by atoms with Crippen molar-refractivity contribution in [2.24, 2.45) is 0 Å². The van der Waals surface area contributed by atoms with Crippen LogP contribution in [0.4, 0.5) is 0 Å². The van der Waals surface area contributed by atoms with Gasteiger partial charge in [-0.1, -0.05) is 25.7 Å². The number of pyridine rings is 1. The van der Waals surface area contributed by atoms with Crippen LogP contribution in [0.25, 0.3) is 21.0 Å². The van der Waals surface area contributed by atoms with E-state index in [-0.39, 0.29) is 18.9 Å². The zero-order valence-corrected chi connectivity index (χ0v) is 19.0. The zero-order valence-electron chi connectivity index (χ0n) is 15.6. The number of halogens is 1. The van der Waals surface area contributed by atoms with Crippen molar-refractivity contribution in [2.45, 2.75) is 45.9 Å². The van der Waals surface area contributed by atoms with Gasteiger partial charge in [0.1, 0.15) is 11.4 Å². The summed E-state index contributed by atoms with van der Waals surface area (Å²) in [4.78, 5) is 13.1. The minimum absolute atomic E-state index is 0.0118. The molecule has 0 spiro atoms. The Bertz CT molecular complexity index is 1020. The van der Waals surface area contributed by atoms with E-state index in [2.05, 4.69) is 35.6 Å². The lowest BCUT2D eigenvalue weighted by Crippen LogP contribution is -2.25. The minimum Gasteiger partial charge on any atom is -0.392 e. The molecule has 140 valence electrons.